The van der Waals surface area contributed by atoms with E-state index in [-0.39, 0.29) is 14.9 Å². The minimum absolute atomic E-state index is 0.0212. The molecule has 0 radical (unpaired) electrons. The Hall–Kier alpha value is -1.99. The number of rotatable bonds is 5. The molecule has 0 heterocycles. The molecule has 4 heteroatoms. The van der Waals surface area contributed by atoms with Crippen molar-refractivity contribution < 1.29 is 9.90 Å². The van der Waals surface area contributed by atoms with E-state index in [1.165, 1.54) is 0 Å². The van der Waals surface area contributed by atoms with E-state index in [0.717, 1.165) is 11.1 Å². The highest BCUT2D eigenvalue weighted by atomic mass is 31.0. The summed E-state index contributed by atoms with van der Waals surface area (Å²) in [5, 5.41) is 9.42. The van der Waals surface area contributed by atoms with E-state index in [1.54, 1.807) is 0 Å². The Kier molecular flexibility index (Phi) is 10.4. The molecule has 2 rings (SSSR count). The summed E-state index contributed by atoms with van der Waals surface area (Å²) < 4.78 is 11.1. The van der Waals surface area contributed by atoms with Crippen molar-refractivity contribution in [2.75, 3.05) is 0 Å². The number of hydrogen-bond donors (Lipinski definition) is 1. The molecule has 2 aromatic carbocycles. The van der Waals surface area contributed by atoms with Crippen LogP contribution in [0.5, 0.6) is 0 Å². The SMILES string of the molecule is CC.CC.[2H]P=NC(C(=O)O)C(c1ccccc1)c1ccccc1. The standard InChI is InChI=1S/C15H14NO2P.2C2H6/c17-15(18)14(16-19)13(11-7-3-1-4-8-11)12-9-5-2-6-10-12;2*1-2/h1-10,13-14,19H,(H,17,18);2*1-2H3/i19D;;. The summed E-state index contributed by atoms with van der Waals surface area (Å²) in [6.07, 6.45) is 0. The molecule has 0 saturated carbocycles. The second-order valence-electron chi connectivity index (χ2n) is 4.20. The molecule has 2 aromatic rings. The fraction of sp³-hybridized carbons (Fsp3) is 0.316. The number of carboxylic acid groups (broad SMARTS) is 1. The first kappa shape index (κ1) is 19.1. The van der Waals surface area contributed by atoms with Gasteiger partial charge in [-0.3, -0.25) is 4.74 Å². The predicted molar refractivity (Wildman–Crippen MR) is 99.6 cm³/mol. The maximum atomic E-state index is 11.5. The maximum Gasteiger partial charge on any atom is 0.329 e. The predicted octanol–water partition coefficient (Wildman–Crippen LogP) is 5.65. The molecule has 0 spiro atoms. The van der Waals surface area contributed by atoms with Gasteiger partial charge in [0.1, 0.15) is 1.28 Å². The molecular formula is C19H26NO2P. The normalized spacial score (nSPS) is 11.6. The molecule has 0 amide bonds. The van der Waals surface area contributed by atoms with Crippen molar-refractivity contribution in [3.8, 4) is 0 Å². The van der Waals surface area contributed by atoms with Crippen LogP contribution in [0.1, 0.15) is 44.7 Å². The lowest BCUT2D eigenvalue weighted by atomic mass is 9.85. The molecule has 0 aliphatic heterocycles. The van der Waals surface area contributed by atoms with Gasteiger partial charge in [0.25, 0.3) is 0 Å². The topological polar surface area (TPSA) is 49.7 Å². The molecule has 0 saturated heterocycles. The van der Waals surface area contributed by atoms with Gasteiger partial charge in [0.2, 0.25) is 0 Å². The van der Waals surface area contributed by atoms with Crippen LogP contribution in [0.2, 0.25) is 0 Å². The number of aliphatic carboxylic acids is 1. The Bertz CT molecular complexity index is 551. The summed E-state index contributed by atoms with van der Waals surface area (Å²) >= 11 is 0. The zero-order valence-corrected chi connectivity index (χ0v) is 15.1. The third-order valence-corrected chi connectivity index (χ3v) is 3.26. The molecule has 3 nitrogen and oxygen atoms in total. The summed E-state index contributed by atoms with van der Waals surface area (Å²) in [7, 11) is -0.0212. The van der Waals surface area contributed by atoms with Crippen LogP contribution < -0.4 is 0 Å². The number of carboxylic acids is 1. The van der Waals surface area contributed by atoms with Gasteiger partial charge >= 0.3 is 5.97 Å². The summed E-state index contributed by atoms with van der Waals surface area (Å²) in [4.78, 5) is 11.5. The highest BCUT2D eigenvalue weighted by Crippen LogP contribution is 2.30. The van der Waals surface area contributed by atoms with Crippen molar-refractivity contribution in [2.45, 2.75) is 39.7 Å². The van der Waals surface area contributed by atoms with Gasteiger partial charge in [-0.05, 0) is 20.1 Å². The minimum Gasteiger partial charge on any atom is -0.480 e. The van der Waals surface area contributed by atoms with Crippen LogP contribution in [0.4, 0.5) is 0 Å². The van der Waals surface area contributed by atoms with Crippen LogP contribution in [-0.4, -0.2) is 18.4 Å². The molecule has 1 N–H and O–H groups in total. The van der Waals surface area contributed by atoms with Gasteiger partial charge in [0, 0.05) is 5.92 Å². The Morgan fingerprint density at radius 3 is 1.65 bits per heavy atom. The Morgan fingerprint density at radius 1 is 0.957 bits per heavy atom. The zero-order valence-electron chi connectivity index (χ0n) is 15.2. The second-order valence-corrected chi connectivity index (χ2v) is 4.43. The molecule has 23 heavy (non-hydrogen) atoms. The Balaban J connectivity index is 0.00000123. The third-order valence-electron chi connectivity index (χ3n) is 3.01. The molecule has 1 atom stereocenters. The molecule has 0 bridgehead atoms. The largest absolute Gasteiger partial charge is 0.480 e. The number of nitrogens with zero attached hydrogens (tertiary/aromatic N) is 1. The second kappa shape index (κ2) is 12.5. The summed E-state index contributed by atoms with van der Waals surface area (Å²) in [5.74, 6) is -1.39. The lowest BCUT2D eigenvalue weighted by molar-refractivity contribution is -0.138. The van der Waals surface area contributed by atoms with E-state index in [9.17, 15) is 9.90 Å². The van der Waals surface area contributed by atoms with Crippen molar-refractivity contribution in [1.82, 2.24) is 0 Å². The van der Waals surface area contributed by atoms with E-state index in [4.69, 9.17) is 1.28 Å². The number of carbonyl (C=O) groups is 1. The summed E-state index contributed by atoms with van der Waals surface area (Å²) in [6, 6.07) is 17.9. The Morgan fingerprint density at radius 2 is 1.35 bits per heavy atom. The smallest absolute Gasteiger partial charge is 0.329 e. The number of benzene rings is 2. The van der Waals surface area contributed by atoms with E-state index in [0.29, 0.717) is 0 Å². The lowest BCUT2D eigenvalue weighted by Gasteiger charge is -2.21. The highest BCUT2D eigenvalue weighted by Gasteiger charge is 2.29. The van der Waals surface area contributed by atoms with Gasteiger partial charge in [0.05, 0.1) is 0 Å². The van der Waals surface area contributed by atoms with Crippen molar-refractivity contribution in [3.05, 3.63) is 71.8 Å². The van der Waals surface area contributed by atoms with Gasteiger partial charge in [-0.15, -0.1) is 0 Å². The molecule has 124 valence electrons. The van der Waals surface area contributed by atoms with Gasteiger partial charge in [-0.2, -0.15) is 0 Å². The van der Waals surface area contributed by atoms with Crippen LogP contribution in [-0.2, 0) is 4.79 Å². The number of hydrogen-bond acceptors (Lipinski definition) is 2. The van der Waals surface area contributed by atoms with Gasteiger partial charge in [-0.25, -0.2) is 4.79 Å². The molecule has 0 aliphatic carbocycles. The maximum absolute atomic E-state index is 11.5. The van der Waals surface area contributed by atoms with Crippen LogP contribution >= 0.6 is 8.98 Å². The van der Waals surface area contributed by atoms with Crippen LogP contribution in [0.15, 0.2) is 65.4 Å². The van der Waals surface area contributed by atoms with E-state index >= 15 is 0 Å². The molecule has 0 aliphatic rings. The fourth-order valence-electron chi connectivity index (χ4n) is 2.14. The molecule has 1 unspecified atom stereocenters. The average molecular weight is 332 g/mol. The van der Waals surface area contributed by atoms with Crippen LogP contribution in [0.3, 0.4) is 0 Å². The fourth-order valence-corrected chi connectivity index (χ4v) is 2.37. The van der Waals surface area contributed by atoms with Gasteiger partial charge in [-0.1, -0.05) is 88.4 Å². The van der Waals surface area contributed by atoms with Crippen molar-refractivity contribution in [2.24, 2.45) is 4.74 Å². The van der Waals surface area contributed by atoms with Crippen molar-refractivity contribution in [1.29, 1.82) is 1.28 Å². The zero-order chi connectivity index (χ0) is 18.4. The quantitative estimate of drug-likeness (QED) is 0.719. The third kappa shape index (κ3) is 6.33. The average Bonchev–Trinajstić information content (AvgIpc) is 2.66. The highest BCUT2D eigenvalue weighted by molar-refractivity contribution is 7.04. The summed E-state index contributed by atoms with van der Waals surface area (Å²) in [5.41, 5.74) is 1.78. The molecule has 0 fully saturated rings. The van der Waals surface area contributed by atoms with Gasteiger partial charge < -0.3 is 5.11 Å². The van der Waals surface area contributed by atoms with Gasteiger partial charge in [0.15, 0.2) is 6.04 Å². The van der Waals surface area contributed by atoms with Crippen molar-refractivity contribution >= 4 is 14.9 Å². The first-order chi connectivity index (χ1) is 11.7. The van der Waals surface area contributed by atoms with Crippen molar-refractivity contribution in [3.63, 3.8) is 0 Å². The van der Waals surface area contributed by atoms with Crippen LogP contribution in [0, 0.1) is 0 Å². The first-order valence-electron chi connectivity index (χ1n) is 8.35. The monoisotopic (exact) mass is 332 g/mol. The molecule has 0 aromatic heterocycles. The first-order valence-corrected chi connectivity index (χ1v) is 8.31. The van der Waals surface area contributed by atoms with E-state index in [1.807, 2.05) is 88.4 Å². The lowest BCUT2D eigenvalue weighted by Crippen LogP contribution is -2.26. The van der Waals surface area contributed by atoms with E-state index in [2.05, 4.69) is 4.74 Å². The molecular weight excluding hydrogens is 305 g/mol. The van der Waals surface area contributed by atoms with E-state index < -0.39 is 12.0 Å². The van der Waals surface area contributed by atoms with Crippen LogP contribution in [0.25, 0.3) is 0 Å². The Labute approximate surface area is 143 Å². The minimum atomic E-state index is -1.01. The summed E-state index contributed by atoms with van der Waals surface area (Å²) in [6.45, 7) is 8.00.